The summed E-state index contributed by atoms with van der Waals surface area (Å²) >= 11 is 0. The largest absolute Gasteiger partial charge is 0.368 e. The molecule has 1 N–H and O–H groups in total. The molecule has 0 spiro atoms. The van der Waals surface area contributed by atoms with Gasteiger partial charge in [0.1, 0.15) is 0 Å². The molecular formula is C18H30Cl2N4O. The highest BCUT2D eigenvalue weighted by Crippen LogP contribution is 2.18. The topological polar surface area (TPSA) is 38.8 Å². The highest BCUT2D eigenvalue weighted by atomic mass is 35.5. The Labute approximate surface area is 163 Å². The third-order valence-corrected chi connectivity index (χ3v) is 4.98. The van der Waals surface area contributed by atoms with Crippen LogP contribution in [-0.4, -0.2) is 74.1 Å². The maximum Gasteiger partial charge on any atom is 0.236 e. The summed E-state index contributed by atoms with van der Waals surface area (Å²) in [7, 11) is 0. The Balaban J connectivity index is 0.00000156. The number of nitrogens with zero attached hydrogens (tertiary/aromatic N) is 3. The van der Waals surface area contributed by atoms with Crippen LogP contribution in [0, 0.1) is 6.92 Å². The van der Waals surface area contributed by atoms with Crippen LogP contribution in [0.5, 0.6) is 0 Å². The molecule has 0 aromatic heterocycles. The van der Waals surface area contributed by atoms with Crippen LogP contribution in [0.3, 0.4) is 0 Å². The maximum atomic E-state index is 12.6. The van der Waals surface area contributed by atoms with E-state index in [0.717, 1.165) is 45.8 Å². The summed E-state index contributed by atoms with van der Waals surface area (Å²) in [5.74, 6) is 0.280. The standard InChI is InChI=1S/C18H28N4O.2ClH/c1-15-4-3-5-17(12-15)20-8-10-21(11-9-20)18(23)14-22-7-6-19-13-16(22)2;;/h3-5,12,16,19H,6-11,13-14H2,1-2H3;2*1H/t16-;;/m0../s1. The van der Waals surface area contributed by atoms with Crippen molar-refractivity contribution in [1.29, 1.82) is 0 Å². The van der Waals surface area contributed by atoms with E-state index in [4.69, 9.17) is 0 Å². The predicted octanol–water partition coefficient (Wildman–Crippen LogP) is 1.78. The molecule has 2 aliphatic rings. The smallest absolute Gasteiger partial charge is 0.236 e. The van der Waals surface area contributed by atoms with Crippen LogP contribution in [0.2, 0.25) is 0 Å². The van der Waals surface area contributed by atoms with Gasteiger partial charge in [-0.15, -0.1) is 24.8 Å². The summed E-state index contributed by atoms with van der Waals surface area (Å²) < 4.78 is 0. The Kier molecular flexibility index (Phi) is 9.00. The fourth-order valence-corrected chi connectivity index (χ4v) is 3.43. The Morgan fingerprint density at radius 1 is 1.16 bits per heavy atom. The summed E-state index contributed by atoms with van der Waals surface area (Å²) in [6.45, 7) is 11.3. The molecule has 0 aliphatic carbocycles. The lowest BCUT2D eigenvalue weighted by molar-refractivity contribution is -0.133. The minimum atomic E-state index is 0. The number of hydrogen-bond donors (Lipinski definition) is 1. The van der Waals surface area contributed by atoms with Crippen LogP contribution in [0.15, 0.2) is 24.3 Å². The predicted molar refractivity (Wildman–Crippen MR) is 108 cm³/mol. The Hall–Kier alpha value is -1.01. The number of carbonyl (C=O) groups is 1. The van der Waals surface area contributed by atoms with Crippen LogP contribution < -0.4 is 10.2 Å². The SMILES string of the molecule is Cc1cccc(N2CCN(C(=O)CN3CCNC[C@@H]3C)CC2)c1.Cl.Cl. The lowest BCUT2D eigenvalue weighted by Gasteiger charge is -2.39. The first-order valence-electron chi connectivity index (χ1n) is 8.67. The third kappa shape index (κ3) is 5.74. The van der Waals surface area contributed by atoms with Gasteiger partial charge >= 0.3 is 0 Å². The van der Waals surface area contributed by atoms with Crippen molar-refractivity contribution in [2.45, 2.75) is 19.9 Å². The first kappa shape index (κ1) is 22.0. The molecule has 0 unspecified atom stereocenters. The third-order valence-electron chi connectivity index (χ3n) is 4.98. The summed E-state index contributed by atoms with van der Waals surface area (Å²) in [6.07, 6.45) is 0. The summed E-state index contributed by atoms with van der Waals surface area (Å²) in [4.78, 5) is 19.3. The van der Waals surface area contributed by atoms with E-state index in [2.05, 4.69) is 53.2 Å². The van der Waals surface area contributed by atoms with Gasteiger partial charge in [0.15, 0.2) is 0 Å². The van der Waals surface area contributed by atoms with E-state index in [9.17, 15) is 4.79 Å². The first-order valence-corrected chi connectivity index (χ1v) is 8.67. The molecule has 1 aromatic carbocycles. The molecule has 5 nitrogen and oxygen atoms in total. The van der Waals surface area contributed by atoms with Crippen molar-refractivity contribution in [3.8, 4) is 0 Å². The van der Waals surface area contributed by atoms with Crippen molar-refractivity contribution in [1.82, 2.24) is 15.1 Å². The minimum Gasteiger partial charge on any atom is -0.368 e. The van der Waals surface area contributed by atoms with Crippen LogP contribution in [0.1, 0.15) is 12.5 Å². The van der Waals surface area contributed by atoms with Crippen molar-refractivity contribution in [2.24, 2.45) is 0 Å². The van der Waals surface area contributed by atoms with Crippen LogP contribution in [0.25, 0.3) is 0 Å². The Morgan fingerprint density at radius 2 is 1.88 bits per heavy atom. The van der Waals surface area contributed by atoms with Gasteiger partial charge in [-0.25, -0.2) is 0 Å². The number of halogens is 2. The molecule has 2 heterocycles. The molecule has 2 aliphatic heterocycles. The summed E-state index contributed by atoms with van der Waals surface area (Å²) in [6, 6.07) is 9.06. The fourth-order valence-electron chi connectivity index (χ4n) is 3.43. The molecule has 1 atom stereocenters. The highest BCUT2D eigenvalue weighted by Gasteiger charge is 2.25. The second kappa shape index (κ2) is 10.2. The van der Waals surface area contributed by atoms with Gasteiger partial charge in [0.05, 0.1) is 6.54 Å². The number of anilines is 1. The molecule has 0 bridgehead atoms. The van der Waals surface area contributed by atoms with Crippen molar-refractivity contribution in [3.05, 3.63) is 29.8 Å². The molecule has 2 saturated heterocycles. The van der Waals surface area contributed by atoms with Crippen molar-refractivity contribution >= 4 is 36.4 Å². The van der Waals surface area contributed by atoms with Crippen LogP contribution in [-0.2, 0) is 4.79 Å². The minimum absolute atomic E-state index is 0. The number of aryl methyl sites for hydroxylation is 1. The number of carbonyl (C=O) groups excluding carboxylic acids is 1. The van der Waals surface area contributed by atoms with E-state index in [1.807, 2.05) is 4.90 Å². The number of piperazine rings is 2. The molecule has 142 valence electrons. The average molecular weight is 389 g/mol. The maximum absolute atomic E-state index is 12.6. The van der Waals surface area contributed by atoms with Gasteiger partial charge in [0, 0.05) is 57.5 Å². The van der Waals surface area contributed by atoms with E-state index in [0.29, 0.717) is 12.6 Å². The first-order chi connectivity index (χ1) is 11.1. The molecule has 1 amide bonds. The van der Waals surface area contributed by atoms with Gasteiger partial charge in [-0.1, -0.05) is 12.1 Å². The van der Waals surface area contributed by atoms with E-state index >= 15 is 0 Å². The number of amides is 1. The van der Waals surface area contributed by atoms with Crippen molar-refractivity contribution in [2.75, 3.05) is 57.3 Å². The molecule has 0 saturated carbocycles. The average Bonchev–Trinajstić information content (AvgIpc) is 2.57. The van der Waals surface area contributed by atoms with Crippen LogP contribution in [0.4, 0.5) is 5.69 Å². The zero-order valence-electron chi connectivity index (χ0n) is 15.1. The molecule has 25 heavy (non-hydrogen) atoms. The molecule has 0 radical (unpaired) electrons. The fraction of sp³-hybridized carbons (Fsp3) is 0.611. The monoisotopic (exact) mass is 388 g/mol. The summed E-state index contributed by atoms with van der Waals surface area (Å²) in [5.41, 5.74) is 2.56. The van der Waals surface area contributed by atoms with E-state index in [1.165, 1.54) is 11.3 Å². The van der Waals surface area contributed by atoms with Gasteiger partial charge < -0.3 is 15.1 Å². The molecule has 1 aromatic rings. The van der Waals surface area contributed by atoms with Gasteiger partial charge in [-0.05, 0) is 31.5 Å². The van der Waals surface area contributed by atoms with Gasteiger partial charge in [-0.3, -0.25) is 9.69 Å². The lowest BCUT2D eigenvalue weighted by atomic mass is 10.2. The second-order valence-electron chi connectivity index (χ2n) is 6.73. The number of benzene rings is 1. The summed E-state index contributed by atoms with van der Waals surface area (Å²) in [5, 5.41) is 3.37. The van der Waals surface area contributed by atoms with Crippen LogP contribution >= 0.6 is 24.8 Å². The number of hydrogen-bond acceptors (Lipinski definition) is 4. The Bertz CT molecular complexity index is 550. The zero-order chi connectivity index (χ0) is 16.2. The van der Waals surface area contributed by atoms with E-state index in [1.54, 1.807) is 0 Å². The highest BCUT2D eigenvalue weighted by molar-refractivity contribution is 5.85. The zero-order valence-corrected chi connectivity index (χ0v) is 16.7. The molecule has 2 fully saturated rings. The lowest BCUT2D eigenvalue weighted by Crippen LogP contribution is -2.55. The quantitative estimate of drug-likeness (QED) is 0.856. The van der Waals surface area contributed by atoms with Crippen molar-refractivity contribution in [3.63, 3.8) is 0 Å². The molecular weight excluding hydrogens is 359 g/mol. The normalized spacial score (nSPS) is 21.3. The number of nitrogens with one attached hydrogen (secondary N) is 1. The van der Waals surface area contributed by atoms with Gasteiger partial charge in [0.2, 0.25) is 5.91 Å². The van der Waals surface area contributed by atoms with Crippen molar-refractivity contribution < 1.29 is 4.79 Å². The van der Waals surface area contributed by atoms with Gasteiger partial charge in [-0.2, -0.15) is 0 Å². The second-order valence-corrected chi connectivity index (χ2v) is 6.73. The Morgan fingerprint density at radius 3 is 2.52 bits per heavy atom. The molecule has 7 heteroatoms. The van der Waals surface area contributed by atoms with E-state index in [-0.39, 0.29) is 30.7 Å². The molecule has 3 rings (SSSR count). The number of rotatable bonds is 3. The van der Waals surface area contributed by atoms with E-state index < -0.39 is 0 Å². The van der Waals surface area contributed by atoms with Gasteiger partial charge in [0.25, 0.3) is 0 Å².